The lowest BCUT2D eigenvalue weighted by Gasteiger charge is -2.26. The average Bonchev–Trinajstić information content (AvgIpc) is 2.70. The molecule has 1 aliphatic rings. The van der Waals surface area contributed by atoms with Crippen LogP contribution in [-0.2, 0) is 5.54 Å². The number of hydrogen-bond acceptors (Lipinski definition) is 2. The van der Waals surface area contributed by atoms with Crippen molar-refractivity contribution in [1.29, 1.82) is 0 Å². The van der Waals surface area contributed by atoms with Gasteiger partial charge in [0, 0.05) is 10.6 Å². The molecule has 2 rings (SSSR count). The number of benzene rings is 1. The Morgan fingerprint density at radius 1 is 1.31 bits per heavy atom. The number of rotatable bonds is 2. The standard InChI is InChI=1S/C13H18ClNO/c1-9-7-10(16-2)8-11(12(9)14)13(15)5-3-4-6-13/h7-8H,3-6,15H2,1-2H3. The van der Waals surface area contributed by atoms with Crippen molar-refractivity contribution in [1.82, 2.24) is 0 Å². The Balaban J connectivity index is 2.50. The molecule has 0 heterocycles. The first kappa shape index (κ1) is 11.7. The van der Waals surface area contributed by atoms with E-state index in [-0.39, 0.29) is 5.54 Å². The van der Waals surface area contributed by atoms with Gasteiger partial charge in [-0.25, -0.2) is 0 Å². The topological polar surface area (TPSA) is 35.2 Å². The summed E-state index contributed by atoms with van der Waals surface area (Å²) in [5.41, 5.74) is 8.26. The van der Waals surface area contributed by atoms with Gasteiger partial charge >= 0.3 is 0 Å². The zero-order chi connectivity index (χ0) is 11.8. The summed E-state index contributed by atoms with van der Waals surface area (Å²) < 4.78 is 5.28. The van der Waals surface area contributed by atoms with Crippen LogP contribution in [0.25, 0.3) is 0 Å². The highest BCUT2D eigenvalue weighted by molar-refractivity contribution is 6.32. The number of aryl methyl sites for hydroxylation is 1. The van der Waals surface area contributed by atoms with E-state index in [1.165, 1.54) is 12.8 Å². The number of methoxy groups -OCH3 is 1. The lowest BCUT2D eigenvalue weighted by molar-refractivity contribution is 0.408. The summed E-state index contributed by atoms with van der Waals surface area (Å²) >= 11 is 6.36. The Labute approximate surface area is 102 Å². The zero-order valence-electron chi connectivity index (χ0n) is 9.85. The fourth-order valence-electron chi connectivity index (χ4n) is 2.49. The van der Waals surface area contributed by atoms with Crippen LogP contribution in [0.1, 0.15) is 36.8 Å². The maximum atomic E-state index is 6.43. The van der Waals surface area contributed by atoms with Gasteiger partial charge in [-0.2, -0.15) is 0 Å². The molecule has 0 aromatic heterocycles. The lowest BCUT2D eigenvalue weighted by atomic mass is 9.88. The molecular formula is C13H18ClNO. The van der Waals surface area contributed by atoms with E-state index in [9.17, 15) is 0 Å². The van der Waals surface area contributed by atoms with Crippen LogP contribution in [0, 0.1) is 6.92 Å². The minimum atomic E-state index is -0.254. The van der Waals surface area contributed by atoms with Crippen molar-refractivity contribution in [3.05, 3.63) is 28.3 Å². The summed E-state index contributed by atoms with van der Waals surface area (Å²) in [5.74, 6) is 0.841. The maximum Gasteiger partial charge on any atom is 0.119 e. The van der Waals surface area contributed by atoms with Gasteiger partial charge in [0.1, 0.15) is 5.75 Å². The predicted octanol–water partition coefficient (Wildman–Crippen LogP) is 3.39. The molecule has 0 amide bonds. The van der Waals surface area contributed by atoms with Crippen molar-refractivity contribution in [2.24, 2.45) is 5.73 Å². The van der Waals surface area contributed by atoms with Gasteiger partial charge in [0.05, 0.1) is 7.11 Å². The van der Waals surface area contributed by atoms with E-state index in [1.54, 1.807) is 7.11 Å². The molecule has 0 spiro atoms. The molecule has 0 unspecified atom stereocenters. The fourth-order valence-corrected chi connectivity index (χ4v) is 2.79. The number of hydrogen-bond donors (Lipinski definition) is 1. The minimum Gasteiger partial charge on any atom is -0.497 e. The van der Waals surface area contributed by atoms with Crippen molar-refractivity contribution in [2.75, 3.05) is 7.11 Å². The largest absolute Gasteiger partial charge is 0.497 e. The molecule has 2 nitrogen and oxygen atoms in total. The molecule has 0 atom stereocenters. The van der Waals surface area contributed by atoms with Crippen LogP contribution in [0.4, 0.5) is 0 Å². The van der Waals surface area contributed by atoms with E-state index in [2.05, 4.69) is 0 Å². The van der Waals surface area contributed by atoms with Crippen LogP contribution >= 0.6 is 11.6 Å². The van der Waals surface area contributed by atoms with Gasteiger partial charge in [0.15, 0.2) is 0 Å². The normalized spacial score (nSPS) is 18.8. The predicted molar refractivity (Wildman–Crippen MR) is 67.1 cm³/mol. The number of ether oxygens (including phenoxy) is 1. The fraction of sp³-hybridized carbons (Fsp3) is 0.538. The Morgan fingerprint density at radius 3 is 2.50 bits per heavy atom. The summed E-state index contributed by atoms with van der Waals surface area (Å²) in [5, 5.41) is 0.796. The monoisotopic (exact) mass is 239 g/mol. The smallest absolute Gasteiger partial charge is 0.119 e. The Bertz CT molecular complexity index is 397. The van der Waals surface area contributed by atoms with Gasteiger partial charge in [-0.15, -0.1) is 0 Å². The molecular weight excluding hydrogens is 222 g/mol. The molecule has 1 fully saturated rings. The van der Waals surface area contributed by atoms with Gasteiger partial charge in [-0.05, 0) is 43.0 Å². The first-order valence-electron chi connectivity index (χ1n) is 5.70. The van der Waals surface area contributed by atoms with Crippen LogP contribution in [-0.4, -0.2) is 7.11 Å². The van der Waals surface area contributed by atoms with Crippen molar-refractivity contribution in [2.45, 2.75) is 38.1 Å². The van der Waals surface area contributed by atoms with Crippen LogP contribution in [0.5, 0.6) is 5.75 Å². The summed E-state index contributed by atoms with van der Waals surface area (Å²) in [7, 11) is 1.67. The minimum absolute atomic E-state index is 0.254. The molecule has 0 aliphatic heterocycles. The second-order valence-corrected chi connectivity index (χ2v) is 5.05. The highest BCUT2D eigenvalue weighted by atomic mass is 35.5. The van der Waals surface area contributed by atoms with Crippen LogP contribution in [0.2, 0.25) is 5.02 Å². The first-order chi connectivity index (χ1) is 7.57. The number of nitrogens with two attached hydrogens (primary N) is 1. The number of halogens is 1. The van der Waals surface area contributed by atoms with Crippen LogP contribution in [0.3, 0.4) is 0 Å². The molecule has 88 valence electrons. The summed E-state index contributed by atoms with van der Waals surface area (Å²) in [4.78, 5) is 0. The molecule has 1 aromatic rings. The van der Waals surface area contributed by atoms with E-state index in [4.69, 9.17) is 22.1 Å². The van der Waals surface area contributed by atoms with Crippen molar-refractivity contribution in [3.8, 4) is 5.75 Å². The van der Waals surface area contributed by atoms with Gasteiger partial charge < -0.3 is 10.5 Å². The highest BCUT2D eigenvalue weighted by Gasteiger charge is 2.33. The second-order valence-electron chi connectivity index (χ2n) is 4.67. The third-order valence-corrected chi connectivity index (χ3v) is 4.00. The maximum absolute atomic E-state index is 6.43. The van der Waals surface area contributed by atoms with Crippen molar-refractivity contribution < 1.29 is 4.74 Å². The molecule has 0 saturated heterocycles. The van der Waals surface area contributed by atoms with Crippen LogP contribution < -0.4 is 10.5 Å². The van der Waals surface area contributed by atoms with Crippen molar-refractivity contribution in [3.63, 3.8) is 0 Å². The molecule has 0 radical (unpaired) electrons. The van der Waals surface area contributed by atoms with E-state index in [0.29, 0.717) is 0 Å². The third-order valence-electron chi connectivity index (χ3n) is 3.50. The zero-order valence-corrected chi connectivity index (χ0v) is 10.6. The summed E-state index contributed by atoms with van der Waals surface area (Å²) in [6, 6.07) is 3.94. The second kappa shape index (κ2) is 4.27. The molecule has 16 heavy (non-hydrogen) atoms. The van der Waals surface area contributed by atoms with E-state index in [1.807, 2.05) is 19.1 Å². The molecule has 1 aromatic carbocycles. The average molecular weight is 240 g/mol. The van der Waals surface area contributed by atoms with E-state index >= 15 is 0 Å². The quantitative estimate of drug-likeness (QED) is 0.859. The lowest BCUT2D eigenvalue weighted by Crippen LogP contribution is -2.33. The highest BCUT2D eigenvalue weighted by Crippen LogP contribution is 2.42. The summed E-state index contributed by atoms with van der Waals surface area (Å²) in [6.45, 7) is 1.99. The molecule has 3 heteroatoms. The molecule has 1 saturated carbocycles. The molecule has 1 aliphatic carbocycles. The Kier molecular flexibility index (Phi) is 3.13. The van der Waals surface area contributed by atoms with Gasteiger partial charge in [-0.3, -0.25) is 0 Å². The molecule has 2 N–H and O–H groups in total. The SMILES string of the molecule is COc1cc(C)c(Cl)c(C2(N)CCCC2)c1. The van der Waals surface area contributed by atoms with Gasteiger partial charge in [0.2, 0.25) is 0 Å². The van der Waals surface area contributed by atoms with Gasteiger partial charge in [-0.1, -0.05) is 24.4 Å². The first-order valence-corrected chi connectivity index (χ1v) is 6.08. The van der Waals surface area contributed by atoms with E-state index < -0.39 is 0 Å². The Hall–Kier alpha value is -0.730. The molecule has 0 bridgehead atoms. The summed E-state index contributed by atoms with van der Waals surface area (Å²) in [6.07, 6.45) is 4.39. The van der Waals surface area contributed by atoms with Crippen LogP contribution in [0.15, 0.2) is 12.1 Å². The Morgan fingerprint density at radius 2 is 1.94 bits per heavy atom. The van der Waals surface area contributed by atoms with Crippen molar-refractivity contribution >= 4 is 11.6 Å². The van der Waals surface area contributed by atoms with Gasteiger partial charge in [0.25, 0.3) is 0 Å². The van der Waals surface area contributed by atoms with E-state index in [0.717, 1.165) is 34.7 Å². The third kappa shape index (κ3) is 1.92.